The van der Waals surface area contributed by atoms with Crippen LogP contribution in [0.25, 0.3) is 0 Å². The van der Waals surface area contributed by atoms with Gasteiger partial charge in [0.15, 0.2) is 0 Å². The molecule has 1 atom stereocenters. The van der Waals surface area contributed by atoms with Crippen LogP contribution >= 0.6 is 0 Å². The maximum absolute atomic E-state index is 11.6. The molecular formula is C20H28N4O2. The van der Waals surface area contributed by atoms with Gasteiger partial charge in [-0.3, -0.25) is 4.79 Å². The monoisotopic (exact) mass is 356 g/mol. The van der Waals surface area contributed by atoms with Gasteiger partial charge < -0.3 is 19.9 Å². The average molecular weight is 356 g/mol. The van der Waals surface area contributed by atoms with Crippen molar-refractivity contribution in [3.63, 3.8) is 0 Å². The number of rotatable bonds is 8. The minimum atomic E-state index is -1.07. The first-order chi connectivity index (χ1) is 12.5. The minimum Gasteiger partial charge on any atom is -0.379 e. The van der Waals surface area contributed by atoms with Crippen LogP contribution in [0.1, 0.15) is 43.0 Å². The van der Waals surface area contributed by atoms with Crippen molar-refractivity contribution in [3.05, 3.63) is 53.6 Å². The number of benzene rings is 1. The summed E-state index contributed by atoms with van der Waals surface area (Å²) in [7, 11) is 1.88. The lowest BCUT2D eigenvalue weighted by Crippen LogP contribution is -2.28. The molecule has 2 aromatic rings. The number of hydrogen-bond donors (Lipinski definition) is 2. The van der Waals surface area contributed by atoms with Crippen LogP contribution in [0.3, 0.4) is 0 Å². The molecule has 0 bridgehead atoms. The Balaban J connectivity index is 1.47. The van der Waals surface area contributed by atoms with E-state index >= 15 is 0 Å². The molecule has 1 aliphatic heterocycles. The summed E-state index contributed by atoms with van der Waals surface area (Å²) < 4.78 is 1.83. The quantitative estimate of drug-likeness (QED) is 0.708. The maximum atomic E-state index is 11.6. The highest BCUT2D eigenvalue weighted by molar-refractivity contribution is 5.77. The third kappa shape index (κ3) is 4.14. The highest BCUT2D eigenvalue weighted by atomic mass is 16.3. The Kier molecular flexibility index (Phi) is 5.74. The molecule has 1 aromatic heterocycles. The van der Waals surface area contributed by atoms with Gasteiger partial charge >= 0.3 is 0 Å². The molecule has 0 radical (unpaired) electrons. The average Bonchev–Trinajstić information content (AvgIpc) is 3.24. The third-order valence-electron chi connectivity index (χ3n) is 5.11. The maximum Gasteiger partial charge on any atom is 0.222 e. The number of likely N-dealkylation sites (tertiary alicyclic amines) is 1. The number of nitrogens with one attached hydrogen (secondary N) is 1. The zero-order valence-electron chi connectivity index (χ0n) is 15.6. The Morgan fingerprint density at radius 1 is 1.31 bits per heavy atom. The van der Waals surface area contributed by atoms with Gasteiger partial charge in [-0.1, -0.05) is 24.3 Å². The lowest BCUT2D eigenvalue weighted by atomic mass is 9.92. The van der Waals surface area contributed by atoms with Gasteiger partial charge in [0.1, 0.15) is 5.60 Å². The summed E-state index contributed by atoms with van der Waals surface area (Å²) in [6.07, 6.45) is 6.07. The van der Waals surface area contributed by atoms with Crippen molar-refractivity contribution in [2.75, 3.05) is 19.6 Å². The fourth-order valence-corrected chi connectivity index (χ4v) is 3.49. The third-order valence-corrected chi connectivity index (χ3v) is 5.11. The van der Waals surface area contributed by atoms with E-state index in [2.05, 4.69) is 10.3 Å². The van der Waals surface area contributed by atoms with Crippen molar-refractivity contribution < 1.29 is 9.90 Å². The van der Waals surface area contributed by atoms with Crippen LogP contribution in [-0.4, -0.2) is 45.1 Å². The highest BCUT2D eigenvalue weighted by Crippen LogP contribution is 2.28. The fraction of sp³-hybridized carbons (Fsp3) is 0.500. The second-order valence-corrected chi connectivity index (χ2v) is 7.17. The van der Waals surface area contributed by atoms with Crippen LogP contribution in [-0.2, 0) is 24.0 Å². The molecule has 1 unspecified atom stereocenters. The molecule has 2 heterocycles. The van der Waals surface area contributed by atoms with E-state index < -0.39 is 5.60 Å². The van der Waals surface area contributed by atoms with Crippen LogP contribution in [0.15, 0.2) is 36.8 Å². The summed E-state index contributed by atoms with van der Waals surface area (Å²) in [5.74, 6) is 0.293. The first kappa shape index (κ1) is 18.6. The number of aliphatic hydroxyl groups is 1. The van der Waals surface area contributed by atoms with Gasteiger partial charge in [-0.15, -0.1) is 0 Å². The van der Waals surface area contributed by atoms with E-state index in [9.17, 15) is 9.90 Å². The molecule has 0 spiro atoms. The second-order valence-electron chi connectivity index (χ2n) is 7.17. The Bertz CT molecular complexity index is 737. The second kappa shape index (κ2) is 8.01. The number of carbonyl (C=O) groups is 1. The van der Waals surface area contributed by atoms with Gasteiger partial charge in [-0.05, 0) is 37.4 Å². The molecule has 0 saturated carbocycles. The van der Waals surface area contributed by atoms with E-state index in [1.165, 1.54) is 5.56 Å². The SMILES string of the molecule is Cn1cncc1C(C)(O)c1ccc(CNCCCN2CCCC2=O)cc1. The van der Waals surface area contributed by atoms with Crippen molar-refractivity contribution in [1.29, 1.82) is 0 Å². The van der Waals surface area contributed by atoms with E-state index in [1.807, 2.05) is 40.8 Å². The standard InChI is InChI=1S/C20H28N4O2/c1-20(26,18-14-22-15-23(18)2)17-8-6-16(7-9-17)13-21-10-4-12-24-11-3-5-19(24)25/h6-9,14-15,21,26H,3-5,10-13H2,1-2H3. The molecule has 1 fully saturated rings. The van der Waals surface area contributed by atoms with Crippen molar-refractivity contribution in [1.82, 2.24) is 19.8 Å². The molecule has 140 valence electrons. The van der Waals surface area contributed by atoms with E-state index in [0.717, 1.165) is 50.3 Å². The summed E-state index contributed by atoms with van der Waals surface area (Å²) in [6.45, 7) is 5.21. The molecule has 26 heavy (non-hydrogen) atoms. The summed E-state index contributed by atoms with van der Waals surface area (Å²) >= 11 is 0. The van der Waals surface area contributed by atoms with Gasteiger partial charge in [0.2, 0.25) is 5.91 Å². The zero-order chi connectivity index (χ0) is 18.6. The Morgan fingerprint density at radius 3 is 2.69 bits per heavy atom. The topological polar surface area (TPSA) is 70.4 Å². The molecule has 1 aliphatic rings. The van der Waals surface area contributed by atoms with Crippen molar-refractivity contribution in [2.24, 2.45) is 7.05 Å². The van der Waals surface area contributed by atoms with Crippen molar-refractivity contribution >= 4 is 5.91 Å². The summed E-state index contributed by atoms with van der Waals surface area (Å²) in [5.41, 5.74) is 1.71. The van der Waals surface area contributed by atoms with Crippen molar-refractivity contribution in [2.45, 2.75) is 38.3 Å². The van der Waals surface area contributed by atoms with E-state index in [0.29, 0.717) is 12.3 Å². The lowest BCUT2D eigenvalue weighted by Gasteiger charge is -2.24. The van der Waals surface area contributed by atoms with Crippen LogP contribution in [0.5, 0.6) is 0 Å². The summed E-state index contributed by atoms with van der Waals surface area (Å²) in [4.78, 5) is 17.6. The molecule has 6 heteroatoms. The van der Waals surface area contributed by atoms with Crippen LogP contribution in [0.2, 0.25) is 0 Å². The molecule has 1 amide bonds. The number of hydrogen-bond acceptors (Lipinski definition) is 4. The van der Waals surface area contributed by atoms with E-state index in [4.69, 9.17) is 0 Å². The van der Waals surface area contributed by atoms with Crippen LogP contribution < -0.4 is 5.32 Å². The fourth-order valence-electron chi connectivity index (χ4n) is 3.49. The number of amides is 1. The van der Waals surface area contributed by atoms with Gasteiger partial charge in [0, 0.05) is 33.1 Å². The van der Waals surface area contributed by atoms with Gasteiger partial charge in [-0.25, -0.2) is 4.98 Å². The van der Waals surface area contributed by atoms with Gasteiger partial charge in [0.25, 0.3) is 0 Å². The van der Waals surface area contributed by atoms with E-state index in [-0.39, 0.29) is 0 Å². The smallest absolute Gasteiger partial charge is 0.222 e. The summed E-state index contributed by atoms with van der Waals surface area (Å²) in [5, 5.41) is 14.3. The van der Waals surface area contributed by atoms with E-state index in [1.54, 1.807) is 19.4 Å². The van der Waals surface area contributed by atoms with Gasteiger partial charge in [0.05, 0.1) is 18.2 Å². The normalized spacial score (nSPS) is 16.9. The first-order valence-electron chi connectivity index (χ1n) is 9.25. The number of imidazole rings is 1. The molecule has 0 aliphatic carbocycles. The number of nitrogens with zero attached hydrogens (tertiary/aromatic N) is 3. The molecule has 3 rings (SSSR count). The minimum absolute atomic E-state index is 0.293. The Morgan fingerprint density at radius 2 is 2.08 bits per heavy atom. The number of aromatic nitrogens is 2. The number of aryl methyl sites for hydroxylation is 1. The highest BCUT2D eigenvalue weighted by Gasteiger charge is 2.28. The molecule has 1 aromatic carbocycles. The summed E-state index contributed by atoms with van der Waals surface area (Å²) in [6, 6.07) is 8.01. The molecular weight excluding hydrogens is 328 g/mol. The van der Waals surface area contributed by atoms with Crippen LogP contribution in [0.4, 0.5) is 0 Å². The zero-order valence-corrected chi connectivity index (χ0v) is 15.6. The Labute approximate surface area is 154 Å². The molecule has 6 nitrogen and oxygen atoms in total. The largest absolute Gasteiger partial charge is 0.379 e. The lowest BCUT2D eigenvalue weighted by molar-refractivity contribution is -0.127. The van der Waals surface area contributed by atoms with Crippen LogP contribution in [0, 0.1) is 0 Å². The van der Waals surface area contributed by atoms with Crippen molar-refractivity contribution in [3.8, 4) is 0 Å². The van der Waals surface area contributed by atoms with Gasteiger partial charge in [-0.2, -0.15) is 0 Å². The Hall–Kier alpha value is -2.18. The predicted molar refractivity (Wildman–Crippen MR) is 100 cm³/mol. The predicted octanol–water partition coefficient (Wildman–Crippen LogP) is 1.78. The molecule has 2 N–H and O–H groups in total. The first-order valence-corrected chi connectivity index (χ1v) is 9.25. The molecule has 1 saturated heterocycles. The number of carbonyl (C=O) groups excluding carboxylic acids is 1.